The van der Waals surface area contributed by atoms with E-state index in [1.165, 1.54) is 0 Å². The minimum atomic E-state index is 1.04. The van der Waals surface area contributed by atoms with E-state index in [-0.39, 0.29) is 0 Å². The molecule has 0 aliphatic rings. The van der Waals surface area contributed by atoms with Crippen molar-refractivity contribution in [3.8, 4) is 0 Å². The summed E-state index contributed by atoms with van der Waals surface area (Å²) < 4.78 is 0. The topological polar surface area (TPSA) is 3.24 Å². The summed E-state index contributed by atoms with van der Waals surface area (Å²) in [7, 11) is 0. The summed E-state index contributed by atoms with van der Waals surface area (Å²) >= 11 is 0. The Labute approximate surface area is 124 Å². The van der Waals surface area contributed by atoms with Gasteiger partial charge in [0.25, 0.3) is 0 Å². The van der Waals surface area contributed by atoms with Crippen LogP contribution in [0.15, 0.2) is 97.6 Å². The molecular weight excluding hydrogens is 242 g/mol. The molecule has 20 heavy (non-hydrogen) atoms. The molecule has 0 saturated carbocycles. The minimum absolute atomic E-state index is 1.04. The van der Waals surface area contributed by atoms with E-state index < -0.39 is 0 Å². The lowest BCUT2D eigenvalue weighted by atomic mass is 10.2. The second kappa shape index (κ2) is 10.6. The standard InChI is InChI=1S/C19H25N/c1-7-12-16-18(11-5)20(17(6)13-8-2)19(14-9-3)15-10-4/h7-16H,1-3H2,4-6H3/b15-10-,16-12-,17-13+,18-11+,19-14+. The van der Waals surface area contributed by atoms with Crippen molar-refractivity contribution in [2.24, 2.45) is 0 Å². The zero-order chi connectivity index (χ0) is 15.4. The van der Waals surface area contributed by atoms with Crippen molar-refractivity contribution in [3.63, 3.8) is 0 Å². The molecule has 0 fully saturated rings. The Kier molecular flexibility index (Phi) is 9.41. The van der Waals surface area contributed by atoms with Gasteiger partial charge in [0.05, 0.1) is 0 Å². The van der Waals surface area contributed by atoms with Gasteiger partial charge in [-0.25, -0.2) is 0 Å². The molecule has 106 valence electrons. The van der Waals surface area contributed by atoms with E-state index >= 15 is 0 Å². The number of nitrogens with zero attached hydrogens (tertiary/aromatic N) is 1. The first kappa shape index (κ1) is 17.7. The van der Waals surface area contributed by atoms with Crippen LogP contribution in [0, 0.1) is 0 Å². The molecule has 0 unspecified atom stereocenters. The third-order valence-corrected chi connectivity index (χ3v) is 2.55. The normalized spacial score (nSPS) is 13.8. The zero-order valence-electron chi connectivity index (χ0n) is 12.8. The van der Waals surface area contributed by atoms with Crippen molar-refractivity contribution in [1.82, 2.24) is 4.90 Å². The highest BCUT2D eigenvalue weighted by Gasteiger charge is 2.11. The van der Waals surface area contributed by atoms with Gasteiger partial charge in [0.15, 0.2) is 0 Å². The van der Waals surface area contributed by atoms with Crippen LogP contribution >= 0.6 is 0 Å². The molecule has 0 saturated heterocycles. The molecule has 0 atom stereocenters. The van der Waals surface area contributed by atoms with Gasteiger partial charge in [-0.1, -0.05) is 56.2 Å². The lowest BCUT2D eigenvalue weighted by Gasteiger charge is -2.27. The summed E-state index contributed by atoms with van der Waals surface area (Å²) in [6.07, 6.45) is 19.3. The quantitative estimate of drug-likeness (QED) is 0.512. The van der Waals surface area contributed by atoms with E-state index in [9.17, 15) is 0 Å². The van der Waals surface area contributed by atoms with Gasteiger partial charge in [-0.05, 0) is 45.1 Å². The fourth-order valence-corrected chi connectivity index (χ4v) is 1.76. The van der Waals surface area contributed by atoms with Gasteiger partial charge in [0.1, 0.15) is 0 Å². The van der Waals surface area contributed by atoms with E-state index in [1.54, 1.807) is 18.2 Å². The van der Waals surface area contributed by atoms with Gasteiger partial charge in [0.2, 0.25) is 0 Å². The van der Waals surface area contributed by atoms with Crippen LogP contribution in [-0.4, -0.2) is 4.90 Å². The first-order valence-electron chi connectivity index (χ1n) is 6.66. The molecule has 0 aliphatic heterocycles. The first-order chi connectivity index (χ1) is 9.65. The van der Waals surface area contributed by atoms with E-state index in [2.05, 4.69) is 30.7 Å². The minimum Gasteiger partial charge on any atom is -0.315 e. The molecule has 0 radical (unpaired) electrons. The Balaban J connectivity index is 5.93. The lowest BCUT2D eigenvalue weighted by Crippen LogP contribution is -2.18. The lowest BCUT2D eigenvalue weighted by molar-refractivity contribution is 0.559. The van der Waals surface area contributed by atoms with Crippen LogP contribution in [0.25, 0.3) is 0 Å². The molecule has 1 nitrogen and oxygen atoms in total. The second-order valence-corrected chi connectivity index (χ2v) is 4.01. The molecule has 0 aliphatic carbocycles. The number of hydrogen-bond donors (Lipinski definition) is 0. The van der Waals surface area contributed by atoms with Crippen molar-refractivity contribution in [1.29, 1.82) is 0 Å². The average molecular weight is 267 g/mol. The van der Waals surface area contributed by atoms with E-state index in [0.29, 0.717) is 0 Å². The fourth-order valence-electron chi connectivity index (χ4n) is 1.76. The van der Waals surface area contributed by atoms with Gasteiger partial charge >= 0.3 is 0 Å². The predicted molar refractivity (Wildman–Crippen MR) is 92.0 cm³/mol. The first-order valence-corrected chi connectivity index (χ1v) is 6.66. The van der Waals surface area contributed by atoms with Gasteiger partial charge in [0, 0.05) is 17.1 Å². The Bertz CT molecular complexity index is 482. The predicted octanol–water partition coefficient (Wildman–Crippen LogP) is 5.67. The highest BCUT2D eigenvalue weighted by atomic mass is 15.2. The van der Waals surface area contributed by atoms with Crippen molar-refractivity contribution < 1.29 is 0 Å². The van der Waals surface area contributed by atoms with Gasteiger partial charge in [-0.3, -0.25) is 0 Å². The molecule has 0 aromatic rings. The highest BCUT2D eigenvalue weighted by molar-refractivity contribution is 5.36. The van der Waals surface area contributed by atoms with Gasteiger partial charge in [-0.2, -0.15) is 0 Å². The van der Waals surface area contributed by atoms with Crippen LogP contribution in [0.1, 0.15) is 20.8 Å². The zero-order valence-corrected chi connectivity index (χ0v) is 12.8. The molecule has 1 heteroatoms. The molecule has 0 rings (SSSR count). The summed E-state index contributed by atoms with van der Waals surface area (Å²) in [5, 5.41) is 0. The van der Waals surface area contributed by atoms with Crippen molar-refractivity contribution in [2.75, 3.05) is 0 Å². The smallest absolute Gasteiger partial charge is 0.0454 e. The Morgan fingerprint density at radius 2 is 1.50 bits per heavy atom. The van der Waals surface area contributed by atoms with Crippen molar-refractivity contribution in [2.45, 2.75) is 20.8 Å². The maximum absolute atomic E-state index is 3.79. The fraction of sp³-hybridized carbons (Fsp3) is 0.158. The Hall–Kier alpha value is -2.28. The molecule has 0 aromatic carbocycles. The largest absolute Gasteiger partial charge is 0.315 e. The SMILES string of the molecule is C=C/C=C\C(=C/C)N(/C(C)=C/C=C)C(/C=C\C)=C/C=C. The van der Waals surface area contributed by atoms with Crippen molar-refractivity contribution >= 4 is 0 Å². The summed E-state index contributed by atoms with van der Waals surface area (Å²) in [4.78, 5) is 2.14. The molecule has 0 aromatic heterocycles. The van der Waals surface area contributed by atoms with Gasteiger partial charge in [-0.15, -0.1) is 0 Å². The van der Waals surface area contributed by atoms with Gasteiger partial charge < -0.3 is 4.90 Å². The molecule has 0 heterocycles. The van der Waals surface area contributed by atoms with Crippen molar-refractivity contribution in [3.05, 3.63) is 97.6 Å². The van der Waals surface area contributed by atoms with Crippen LogP contribution in [0.3, 0.4) is 0 Å². The number of allylic oxidation sites excluding steroid dienone is 11. The summed E-state index contributed by atoms with van der Waals surface area (Å²) in [5.74, 6) is 0. The summed E-state index contributed by atoms with van der Waals surface area (Å²) in [5.41, 5.74) is 3.18. The van der Waals surface area contributed by atoms with Crippen LogP contribution in [0.4, 0.5) is 0 Å². The summed E-state index contributed by atoms with van der Waals surface area (Å²) in [6.45, 7) is 17.3. The average Bonchev–Trinajstić information content (AvgIpc) is 2.43. The Morgan fingerprint density at radius 1 is 0.850 bits per heavy atom. The van der Waals surface area contributed by atoms with Crippen LogP contribution in [-0.2, 0) is 0 Å². The molecule has 0 amide bonds. The number of rotatable bonds is 8. The highest BCUT2D eigenvalue weighted by Crippen LogP contribution is 2.22. The third kappa shape index (κ3) is 5.57. The molecule has 0 bridgehead atoms. The van der Waals surface area contributed by atoms with E-state index in [0.717, 1.165) is 17.1 Å². The molecule has 0 N–H and O–H groups in total. The van der Waals surface area contributed by atoms with Crippen LogP contribution in [0.5, 0.6) is 0 Å². The Morgan fingerprint density at radius 3 is 1.95 bits per heavy atom. The van der Waals surface area contributed by atoms with E-state index in [1.807, 2.05) is 57.2 Å². The van der Waals surface area contributed by atoms with Crippen LogP contribution in [0.2, 0.25) is 0 Å². The third-order valence-electron chi connectivity index (χ3n) is 2.55. The molecular formula is C19H25N. The maximum atomic E-state index is 3.79. The summed E-state index contributed by atoms with van der Waals surface area (Å²) in [6, 6.07) is 0. The van der Waals surface area contributed by atoms with Crippen LogP contribution < -0.4 is 0 Å². The number of hydrogen-bond acceptors (Lipinski definition) is 1. The monoisotopic (exact) mass is 267 g/mol. The molecule has 0 spiro atoms. The van der Waals surface area contributed by atoms with E-state index in [4.69, 9.17) is 0 Å². The second-order valence-electron chi connectivity index (χ2n) is 4.01. The maximum Gasteiger partial charge on any atom is 0.0454 e.